The number of carbonyl (C=O) groups is 2. The predicted octanol–water partition coefficient (Wildman–Crippen LogP) is 3.26. The van der Waals surface area contributed by atoms with Gasteiger partial charge in [-0.1, -0.05) is 29.2 Å². The molecule has 0 spiro atoms. The molecular weight excluding hydrogens is 348 g/mol. The number of hydrogen-bond donors (Lipinski definition) is 2. The van der Waals surface area contributed by atoms with Gasteiger partial charge in [0.05, 0.1) is 12.4 Å². The van der Waals surface area contributed by atoms with Gasteiger partial charge in [-0.2, -0.15) is 0 Å². The van der Waals surface area contributed by atoms with Crippen molar-refractivity contribution in [3.63, 3.8) is 0 Å². The molecule has 7 nitrogen and oxygen atoms in total. The monoisotopic (exact) mass is 366 g/mol. The molecule has 0 radical (unpaired) electrons. The lowest BCUT2D eigenvalue weighted by molar-refractivity contribution is -0.117. The van der Waals surface area contributed by atoms with E-state index in [9.17, 15) is 9.59 Å². The molecule has 0 atom stereocenters. The van der Waals surface area contributed by atoms with E-state index in [2.05, 4.69) is 32.5 Å². The average Bonchev–Trinajstić information content (AvgIpc) is 2.97. The van der Waals surface area contributed by atoms with Crippen molar-refractivity contribution in [2.75, 3.05) is 17.7 Å². The number of anilines is 2. The summed E-state index contributed by atoms with van der Waals surface area (Å²) in [4.78, 5) is 22.7. The van der Waals surface area contributed by atoms with E-state index in [-0.39, 0.29) is 12.4 Å². The summed E-state index contributed by atoms with van der Waals surface area (Å²) in [6.45, 7) is 5.99. The molecule has 1 aromatic heterocycles. The number of aromatic nitrogens is 2. The van der Waals surface area contributed by atoms with Crippen LogP contribution in [0.5, 0.6) is 0 Å². The number of thioether (sulfide) groups is 1. The predicted molar refractivity (Wildman–Crippen MR) is 95.0 cm³/mol. The molecule has 1 aromatic carbocycles. The van der Waals surface area contributed by atoms with Gasteiger partial charge >= 0.3 is 6.09 Å². The summed E-state index contributed by atoms with van der Waals surface area (Å²) in [6, 6.07) is 6.05. The van der Waals surface area contributed by atoms with E-state index < -0.39 is 12.0 Å². The number of ether oxygens (including phenoxy) is 1. The van der Waals surface area contributed by atoms with Crippen molar-refractivity contribution >= 4 is 45.9 Å². The van der Waals surface area contributed by atoms with Crippen molar-refractivity contribution in [1.82, 2.24) is 15.5 Å². The first-order valence-corrected chi connectivity index (χ1v) is 9.05. The lowest BCUT2D eigenvalue weighted by Crippen LogP contribution is -2.32. The minimum atomic E-state index is -0.738. The smallest absolute Gasteiger partial charge is 0.413 e. The summed E-state index contributed by atoms with van der Waals surface area (Å²) < 4.78 is 5.28. The Morgan fingerprint density at radius 3 is 2.75 bits per heavy atom. The second kappa shape index (κ2) is 8.65. The van der Waals surface area contributed by atoms with E-state index in [4.69, 9.17) is 0 Å². The van der Waals surface area contributed by atoms with E-state index in [0.717, 1.165) is 5.69 Å². The number of aryl methyl sites for hydroxylation is 2. The number of hydrogen-bond acceptors (Lipinski definition) is 8. The standard InChI is InChI=1S/C15H18N4O3S2/c1-4-22-14(21)17-12(20)8-23-15-19-18-13(24-15)16-11-6-5-9(2)10(3)7-11/h5-7H,4,8H2,1-3H3,(H,16,18)(H,17,20,21). The van der Waals surface area contributed by atoms with Crippen LogP contribution in [0.15, 0.2) is 22.5 Å². The van der Waals surface area contributed by atoms with Crippen molar-refractivity contribution in [1.29, 1.82) is 0 Å². The lowest BCUT2D eigenvalue weighted by atomic mass is 10.1. The molecule has 0 aliphatic rings. The molecule has 0 bridgehead atoms. The molecular formula is C15H18N4O3S2. The molecule has 0 saturated carbocycles. The zero-order valence-electron chi connectivity index (χ0n) is 13.6. The Hall–Kier alpha value is -2.13. The van der Waals surface area contributed by atoms with Gasteiger partial charge in [-0.15, -0.1) is 10.2 Å². The number of nitrogens with one attached hydrogen (secondary N) is 2. The Morgan fingerprint density at radius 1 is 1.25 bits per heavy atom. The topological polar surface area (TPSA) is 93.2 Å². The fourth-order valence-electron chi connectivity index (χ4n) is 1.71. The average molecular weight is 366 g/mol. The molecule has 0 aliphatic heterocycles. The van der Waals surface area contributed by atoms with Crippen LogP contribution in [0.3, 0.4) is 0 Å². The molecule has 0 unspecified atom stereocenters. The van der Waals surface area contributed by atoms with Gasteiger partial charge in [0.15, 0.2) is 4.34 Å². The maximum atomic E-state index is 11.6. The molecule has 2 rings (SSSR count). The van der Waals surface area contributed by atoms with E-state index >= 15 is 0 Å². The minimum Gasteiger partial charge on any atom is -0.450 e. The molecule has 1 heterocycles. The zero-order valence-corrected chi connectivity index (χ0v) is 15.2. The van der Waals surface area contributed by atoms with Crippen molar-refractivity contribution in [2.24, 2.45) is 0 Å². The Balaban J connectivity index is 1.85. The molecule has 0 fully saturated rings. The Bertz CT molecular complexity index is 733. The van der Waals surface area contributed by atoms with Gasteiger partial charge in [-0.05, 0) is 44.0 Å². The Labute approximate surface area is 148 Å². The summed E-state index contributed by atoms with van der Waals surface area (Å²) in [5.41, 5.74) is 3.35. The quantitative estimate of drug-likeness (QED) is 0.758. The molecule has 0 saturated heterocycles. The Morgan fingerprint density at radius 2 is 2.04 bits per heavy atom. The summed E-state index contributed by atoms with van der Waals surface area (Å²) >= 11 is 2.55. The summed E-state index contributed by atoms with van der Waals surface area (Å²) in [5, 5.41) is 14.0. The third kappa shape index (κ3) is 5.50. The van der Waals surface area contributed by atoms with E-state index in [1.807, 2.05) is 25.1 Å². The molecule has 0 aliphatic carbocycles. The van der Waals surface area contributed by atoms with Gasteiger partial charge < -0.3 is 10.1 Å². The summed E-state index contributed by atoms with van der Waals surface area (Å²) in [5.74, 6) is -0.366. The van der Waals surface area contributed by atoms with Gasteiger partial charge in [-0.25, -0.2) is 4.79 Å². The van der Waals surface area contributed by atoms with Crippen LogP contribution >= 0.6 is 23.1 Å². The first-order chi connectivity index (χ1) is 11.5. The van der Waals surface area contributed by atoms with Crippen molar-refractivity contribution in [3.8, 4) is 0 Å². The highest BCUT2D eigenvalue weighted by molar-refractivity contribution is 8.01. The molecule has 2 N–H and O–H groups in total. The van der Waals surface area contributed by atoms with E-state index in [1.54, 1.807) is 6.92 Å². The van der Waals surface area contributed by atoms with E-state index in [0.29, 0.717) is 9.47 Å². The van der Waals surface area contributed by atoms with Crippen LogP contribution in [-0.4, -0.2) is 34.6 Å². The molecule has 2 aromatic rings. The summed E-state index contributed by atoms with van der Waals surface area (Å²) in [7, 11) is 0. The molecule has 128 valence electrons. The number of nitrogens with zero attached hydrogens (tertiary/aromatic N) is 2. The number of alkyl carbamates (subject to hydrolysis) is 1. The first kappa shape index (κ1) is 18.2. The normalized spacial score (nSPS) is 10.3. The SMILES string of the molecule is CCOC(=O)NC(=O)CSc1nnc(Nc2ccc(C)c(C)c2)s1. The highest BCUT2D eigenvalue weighted by atomic mass is 32.2. The fraction of sp³-hybridized carbons (Fsp3) is 0.333. The van der Waals surface area contributed by atoms with E-state index in [1.165, 1.54) is 34.2 Å². The summed E-state index contributed by atoms with van der Waals surface area (Å²) in [6.07, 6.45) is -0.738. The number of rotatable bonds is 6. The van der Waals surface area contributed by atoms with Crippen molar-refractivity contribution < 1.29 is 14.3 Å². The van der Waals surface area contributed by atoms with Crippen LogP contribution in [0.4, 0.5) is 15.6 Å². The maximum Gasteiger partial charge on any atom is 0.413 e. The molecule has 24 heavy (non-hydrogen) atoms. The van der Waals surface area contributed by atoms with Crippen LogP contribution in [0.2, 0.25) is 0 Å². The highest BCUT2D eigenvalue weighted by Crippen LogP contribution is 2.28. The lowest BCUT2D eigenvalue weighted by Gasteiger charge is -2.05. The fourth-order valence-corrected chi connectivity index (χ4v) is 3.28. The second-order valence-corrected chi connectivity index (χ2v) is 7.05. The largest absolute Gasteiger partial charge is 0.450 e. The third-order valence-corrected chi connectivity index (χ3v) is 4.98. The second-order valence-electron chi connectivity index (χ2n) is 4.85. The number of benzene rings is 1. The Kier molecular flexibility index (Phi) is 6.56. The first-order valence-electron chi connectivity index (χ1n) is 7.25. The van der Waals surface area contributed by atoms with Gasteiger partial charge in [-0.3, -0.25) is 10.1 Å². The van der Waals surface area contributed by atoms with Crippen LogP contribution in [-0.2, 0) is 9.53 Å². The zero-order chi connectivity index (χ0) is 17.5. The van der Waals surface area contributed by atoms with Crippen molar-refractivity contribution in [2.45, 2.75) is 25.1 Å². The van der Waals surface area contributed by atoms with Crippen LogP contribution in [0, 0.1) is 13.8 Å². The third-order valence-electron chi connectivity index (χ3n) is 3.01. The number of amides is 2. The minimum absolute atomic E-state index is 0.0666. The van der Waals surface area contributed by atoms with Crippen LogP contribution in [0.25, 0.3) is 0 Å². The van der Waals surface area contributed by atoms with Crippen LogP contribution in [0.1, 0.15) is 18.1 Å². The van der Waals surface area contributed by atoms with Crippen LogP contribution < -0.4 is 10.6 Å². The highest BCUT2D eigenvalue weighted by Gasteiger charge is 2.11. The van der Waals surface area contributed by atoms with Crippen molar-refractivity contribution in [3.05, 3.63) is 29.3 Å². The van der Waals surface area contributed by atoms with Gasteiger partial charge in [0.2, 0.25) is 11.0 Å². The van der Waals surface area contributed by atoms with Gasteiger partial charge in [0, 0.05) is 5.69 Å². The maximum absolute atomic E-state index is 11.6. The number of imide groups is 1. The van der Waals surface area contributed by atoms with Gasteiger partial charge in [0.25, 0.3) is 0 Å². The molecule has 9 heteroatoms. The van der Waals surface area contributed by atoms with Gasteiger partial charge in [0.1, 0.15) is 0 Å². The number of carbonyl (C=O) groups excluding carboxylic acids is 2. The molecule has 2 amide bonds.